The van der Waals surface area contributed by atoms with Gasteiger partial charge in [-0.2, -0.15) is 0 Å². The first-order valence-electron chi connectivity index (χ1n) is 8.68. The number of para-hydroxylation sites is 1. The van der Waals surface area contributed by atoms with Gasteiger partial charge in [0.15, 0.2) is 15.6 Å². The van der Waals surface area contributed by atoms with Crippen LogP contribution in [0, 0.1) is 0 Å². The standard InChI is InChI=1S/C20H19NO4S/c22-20(19-13-14-5-1-4-8-18(14)25-19)21-15-9-11-17(12-10-15)26(23,24)16-6-2-3-7-16/h1,4-5,8-13,16H,2-3,6-7H2,(H,21,22). The van der Waals surface area contributed by atoms with Crippen LogP contribution in [0.4, 0.5) is 5.69 Å². The van der Waals surface area contributed by atoms with Gasteiger partial charge in [0.25, 0.3) is 5.91 Å². The predicted molar refractivity (Wildman–Crippen MR) is 100 cm³/mol. The van der Waals surface area contributed by atoms with E-state index in [4.69, 9.17) is 4.42 Å². The SMILES string of the molecule is O=C(Nc1ccc(S(=O)(=O)C2CCCC2)cc1)c1cc2ccccc2o1. The van der Waals surface area contributed by atoms with Crippen molar-refractivity contribution in [1.29, 1.82) is 0 Å². The van der Waals surface area contributed by atoms with E-state index in [2.05, 4.69) is 5.32 Å². The van der Waals surface area contributed by atoms with Crippen molar-refractivity contribution in [3.05, 3.63) is 60.4 Å². The molecule has 1 fully saturated rings. The summed E-state index contributed by atoms with van der Waals surface area (Å²) in [6.07, 6.45) is 3.39. The van der Waals surface area contributed by atoms with Crippen molar-refractivity contribution in [2.45, 2.75) is 35.8 Å². The van der Waals surface area contributed by atoms with Crippen molar-refractivity contribution >= 4 is 32.4 Å². The topological polar surface area (TPSA) is 76.4 Å². The van der Waals surface area contributed by atoms with Gasteiger partial charge >= 0.3 is 0 Å². The van der Waals surface area contributed by atoms with Gasteiger partial charge in [-0.05, 0) is 49.2 Å². The van der Waals surface area contributed by atoms with E-state index in [1.54, 1.807) is 36.4 Å². The molecule has 0 radical (unpaired) electrons. The van der Waals surface area contributed by atoms with Gasteiger partial charge < -0.3 is 9.73 Å². The minimum atomic E-state index is -3.28. The maximum atomic E-state index is 12.6. The zero-order chi connectivity index (χ0) is 18.1. The Labute approximate surface area is 151 Å². The average Bonchev–Trinajstić information content (AvgIpc) is 3.32. The fourth-order valence-electron chi connectivity index (χ4n) is 3.41. The van der Waals surface area contributed by atoms with E-state index in [1.807, 2.05) is 18.2 Å². The molecule has 26 heavy (non-hydrogen) atoms. The highest BCUT2D eigenvalue weighted by atomic mass is 32.2. The van der Waals surface area contributed by atoms with Crippen LogP contribution in [0.2, 0.25) is 0 Å². The van der Waals surface area contributed by atoms with Gasteiger partial charge in [-0.3, -0.25) is 4.79 Å². The molecule has 1 N–H and O–H groups in total. The lowest BCUT2D eigenvalue weighted by atomic mass is 10.2. The lowest BCUT2D eigenvalue weighted by Crippen LogP contribution is -2.18. The van der Waals surface area contributed by atoms with Gasteiger partial charge in [-0.1, -0.05) is 31.0 Å². The molecule has 5 nitrogen and oxygen atoms in total. The Kier molecular flexibility index (Phi) is 4.28. The van der Waals surface area contributed by atoms with Crippen LogP contribution in [0.1, 0.15) is 36.2 Å². The molecule has 1 aliphatic rings. The summed E-state index contributed by atoms with van der Waals surface area (Å²) in [5.74, 6) is -0.151. The van der Waals surface area contributed by atoms with Crippen molar-refractivity contribution in [3.8, 4) is 0 Å². The van der Waals surface area contributed by atoms with Gasteiger partial charge in [-0.15, -0.1) is 0 Å². The van der Waals surface area contributed by atoms with Gasteiger partial charge in [-0.25, -0.2) is 8.42 Å². The number of carbonyl (C=O) groups excluding carboxylic acids is 1. The third-order valence-corrected chi connectivity index (χ3v) is 7.11. The number of benzene rings is 2. The highest BCUT2D eigenvalue weighted by molar-refractivity contribution is 7.92. The lowest BCUT2D eigenvalue weighted by molar-refractivity contribution is 0.0998. The lowest BCUT2D eigenvalue weighted by Gasteiger charge is -2.11. The summed E-state index contributed by atoms with van der Waals surface area (Å²) in [6, 6.07) is 15.4. The van der Waals surface area contributed by atoms with Crippen LogP contribution in [-0.4, -0.2) is 19.6 Å². The highest BCUT2D eigenvalue weighted by Gasteiger charge is 2.30. The molecule has 0 saturated heterocycles. The summed E-state index contributed by atoms with van der Waals surface area (Å²) in [5, 5.41) is 3.32. The van der Waals surface area contributed by atoms with Crippen LogP contribution in [0.25, 0.3) is 11.0 Å². The Bertz CT molecular complexity index is 1010. The molecule has 134 valence electrons. The number of rotatable bonds is 4. The molecule has 6 heteroatoms. The highest BCUT2D eigenvalue weighted by Crippen LogP contribution is 2.30. The Balaban J connectivity index is 1.51. The molecule has 0 aliphatic heterocycles. The van der Waals surface area contributed by atoms with Crippen LogP contribution in [-0.2, 0) is 9.84 Å². The Morgan fingerprint density at radius 1 is 1.00 bits per heavy atom. The zero-order valence-electron chi connectivity index (χ0n) is 14.1. The zero-order valence-corrected chi connectivity index (χ0v) is 15.0. The number of carbonyl (C=O) groups is 1. The molecule has 0 bridgehead atoms. The molecule has 0 spiro atoms. The monoisotopic (exact) mass is 369 g/mol. The maximum absolute atomic E-state index is 12.6. The third kappa shape index (κ3) is 3.12. The molecular weight excluding hydrogens is 350 g/mol. The Hall–Kier alpha value is -2.60. The summed E-state index contributed by atoms with van der Waals surface area (Å²) in [4.78, 5) is 12.7. The van der Waals surface area contributed by atoms with E-state index < -0.39 is 9.84 Å². The molecule has 4 rings (SSSR count). The summed E-state index contributed by atoms with van der Waals surface area (Å²) >= 11 is 0. The van der Waals surface area contributed by atoms with Gasteiger partial charge in [0, 0.05) is 11.1 Å². The number of sulfone groups is 1. The van der Waals surface area contributed by atoms with E-state index >= 15 is 0 Å². The van der Waals surface area contributed by atoms with Crippen molar-refractivity contribution in [2.24, 2.45) is 0 Å². The van der Waals surface area contributed by atoms with Crippen molar-refractivity contribution < 1.29 is 17.6 Å². The van der Waals surface area contributed by atoms with Crippen molar-refractivity contribution in [3.63, 3.8) is 0 Å². The van der Waals surface area contributed by atoms with Crippen LogP contribution < -0.4 is 5.32 Å². The van der Waals surface area contributed by atoms with E-state index in [1.165, 1.54) is 0 Å². The van der Waals surface area contributed by atoms with E-state index in [-0.39, 0.29) is 16.9 Å². The number of fused-ring (bicyclic) bond motifs is 1. The second-order valence-electron chi connectivity index (χ2n) is 6.58. The van der Waals surface area contributed by atoms with Crippen LogP contribution in [0.3, 0.4) is 0 Å². The quantitative estimate of drug-likeness (QED) is 0.739. The second kappa shape index (κ2) is 6.61. The van der Waals surface area contributed by atoms with E-state index in [0.29, 0.717) is 16.2 Å². The molecule has 3 aromatic rings. The fraction of sp³-hybridized carbons (Fsp3) is 0.250. The minimum absolute atomic E-state index is 0.217. The molecule has 1 heterocycles. The fourth-order valence-corrected chi connectivity index (χ4v) is 5.26. The van der Waals surface area contributed by atoms with Gasteiger partial charge in [0.05, 0.1) is 10.1 Å². The Morgan fingerprint density at radius 2 is 1.69 bits per heavy atom. The van der Waals surface area contributed by atoms with Crippen molar-refractivity contribution in [2.75, 3.05) is 5.32 Å². The third-order valence-electron chi connectivity index (χ3n) is 4.83. The largest absolute Gasteiger partial charge is 0.451 e. The summed E-state index contributed by atoms with van der Waals surface area (Å²) in [6.45, 7) is 0. The first kappa shape index (κ1) is 16.8. The normalized spacial score (nSPS) is 15.4. The maximum Gasteiger partial charge on any atom is 0.291 e. The predicted octanol–water partition coefficient (Wildman–Crippen LogP) is 4.40. The Morgan fingerprint density at radius 3 is 2.38 bits per heavy atom. The van der Waals surface area contributed by atoms with E-state index in [0.717, 1.165) is 31.1 Å². The van der Waals surface area contributed by atoms with Crippen LogP contribution in [0.15, 0.2) is 63.9 Å². The number of hydrogen-bond acceptors (Lipinski definition) is 4. The van der Waals surface area contributed by atoms with Crippen LogP contribution >= 0.6 is 0 Å². The van der Waals surface area contributed by atoms with Crippen LogP contribution in [0.5, 0.6) is 0 Å². The average molecular weight is 369 g/mol. The smallest absolute Gasteiger partial charge is 0.291 e. The molecule has 0 unspecified atom stereocenters. The summed E-state index contributed by atoms with van der Waals surface area (Å²) in [7, 11) is -3.28. The van der Waals surface area contributed by atoms with Gasteiger partial charge in [0.2, 0.25) is 0 Å². The molecular formula is C20H19NO4S. The number of anilines is 1. The number of furan rings is 1. The van der Waals surface area contributed by atoms with E-state index in [9.17, 15) is 13.2 Å². The van der Waals surface area contributed by atoms with Crippen molar-refractivity contribution in [1.82, 2.24) is 0 Å². The summed E-state index contributed by atoms with van der Waals surface area (Å²) in [5.41, 5.74) is 1.18. The molecule has 1 aliphatic carbocycles. The number of amides is 1. The molecule has 1 aromatic heterocycles. The molecule has 0 atom stereocenters. The number of nitrogens with one attached hydrogen (secondary N) is 1. The molecule has 1 amide bonds. The first-order valence-corrected chi connectivity index (χ1v) is 10.2. The molecule has 1 saturated carbocycles. The molecule has 2 aromatic carbocycles. The minimum Gasteiger partial charge on any atom is -0.451 e. The second-order valence-corrected chi connectivity index (χ2v) is 8.81. The summed E-state index contributed by atoms with van der Waals surface area (Å²) < 4.78 is 30.7. The first-order chi connectivity index (χ1) is 12.5. The number of hydrogen-bond donors (Lipinski definition) is 1. The van der Waals surface area contributed by atoms with Gasteiger partial charge in [0.1, 0.15) is 5.58 Å².